The minimum absolute atomic E-state index is 0.120. The van der Waals surface area contributed by atoms with E-state index in [1.165, 1.54) is 11.1 Å². The monoisotopic (exact) mass is 342 g/mol. The van der Waals surface area contributed by atoms with Crippen molar-refractivity contribution in [3.8, 4) is 11.5 Å². The van der Waals surface area contributed by atoms with Gasteiger partial charge in [0.2, 0.25) is 0 Å². The van der Waals surface area contributed by atoms with Gasteiger partial charge in [0.05, 0.1) is 30.4 Å². The molecule has 1 aliphatic carbocycles. The molecule has 0 heterocycles. The van der Waals surface area contributed by atoms with Gasteiger partial charge < -0.3 is 14.2 Å². The fourth-order valence-corrected chi connectivity index (χ4v) is 3.44. The lowest BCUT2D eigenvalue weighted by Crippen LogP contribution is -2.32. The highest BCUT2D eigenvalue weighted by Gasteiger charge is 2.29. The number of halogens is 1. The first kappa shape index (κ1) is 15.6. The molecule has 0 bridgehead atoms. The van der Waals surface area contributed by atoms with Crippen molar-refractivity contribution < 1.29 is 14.2 Å². The average Bonchev–Trinajstić information content (AvgIpc) is 2.35. The minimum atomic E-state index is -0.120. The van der Waals surface area contributed by atoms with Gasteiger partial charge in [0.25, 0.3) is 0 Å². The third kappa shape index (κ3) is 3.29. The number of hydrogen-bond acceptors (Lipinski definition) is 3. The van der Waals surface area contributed by atoms with Crippen LogP contribution in [-0.4, -0.2) is 25.9 Å². The fourth-order valence-electron chi connectivity index (χ4n) is 2.83. The molecule has 0 aromatic heterocycles. The van der Waals surface area contributed by atoms with Crippen molar-refractivity contribution >= 4 is 15.9 Å². The molecule has 0 amide bonds. The summed E-state index contributed by atoms with van der Waals surface area (Å²) >= 11 is 3.56. The Bertz CT molecular complexity index is 491. The summed E-state index contributed by atoms with van der Waals surface area (Å²) < 4.78 is 18.1. The third-order valence-electron chi connectivity index (χ3n) is 3.50. The van der Waals surface area contributed by atoms with Crippen molar-refractivity contribution in [3.63, 3.8) is 0 Å². The Kier molecular flexibility index (Phi) is 4.65. The van der Waals surface area contributed by atoms with Crippen LogP contribution < -0.4 is 9.47 Å². The first-order valence-electron chi connectivity index (χ1n) is 6.95. The summed E-state index contributed by atoms with van der Waals surface area (Å²) in [6, 6.07) is 1.99. The second-order valence-corrected chi connectivity index (χ2v) is 7.00. The van der Waals surface area contributed by atoms with Crippen molar-refractivity contribution in [2.24, 2.45) is 0 Å². The zero-order valence-electron chi connectivity index (χ0n) is 12.9. The Hall–Kier alpha value is -0.740. The van der Waals surface area contributed by atoms with Crippen LogP contribution in [0.2, 0.25) is 0 Å². The van der Waals surface area contributed by atoms with Crippen molar-refractivity contribution in [2.45, 2.75) is 51.7 Å². The van der Waals surface area contributed by atoms with Gasteiger partial charge in [-0.3, -0.25) is 0 Å². The summed E-state index contributed by atoms with van der Waals surface area (Å²) in [6.07, 6.45) is 3.08. The second-order valence-electron chi connectivity index (χ2n) is 6.15. The van der Waals surface area contributed by atoms with Crippen molar-refractivity contribution in [3.05, 3.63) is 21.7 Å². The van der Waals surface area contributed by atoms with Gasteiger partial charge in [-0.25, -0.2) is 0 Å². The van der Waals surface area contributed by atoms with E-state index < -0.39 is 0 Å². The van der Waals surface area contributed by atoms with Crippen LogP contribution in [0.1, 0.15) is 38.3 Å². The molecule has 4 heteroatoms. The molecule has 1 aromatic carbocycles. The summed E-state index contributed by atoms with van der Waals surface area (Å²) in [5, 5.41) is 0. The van der Waals surface area contributed by atoms with Crippen LogP contribution in [0.15, 0.2) is 10.5 Å². The Balaban J connectivity index is 2.36. The van der Waals surface area contributed by atoms with Crippen LogP contribution in [0.4, 0.5) is 0 Å². The predicted octanol–water partition coefficient (Wildman–Crippen LogP) is 4.14. The maximum atomic E-state index is 6.14. The quantitative estimate of drug-likeness (QED) is 0.826. The third-order valence-corrected chi connectivity index (χ3v) is 4.09. The number of ether oxygens (including phenoxy) is 3. The zero-order chi connectivity index (χ0) is 14.9. The van der Waals surface area contributed by atoms with Crippen LogP contribution in [0.5, 0.6) is 11.5 Å². The van der Waals surface area contributed by atoms with Crippen LogP contribution in [0.25, 0.3) is 0 Å². The van der Waals surface area contributed by atoms with Gasteiger partial charge in [0.15, 0.2) is 0 Å². The molecule has 0 N–H and O–H groups in total. The molecular formula is C16H23BrO3. The molecule has 0 fully saturated rings. The highest BCUT2D eigenvalue weighted by molar-refractivity contribution is 9.10. The Labute approximate surface area is 129 Å². The largest absolute Gasteiger partial charge is 0.496 e. The number of rotatable bonds is 3. The van der Waals surface area contributed by atoms with Gasteiger partial charge >= 0.3 is 0 Å². The van der Waals surface area contributed by atoms with Crippen LogP contribution in [-0.2, 0) is 17.6 Å². The lowest BCUT2D eigenvalue weighted by atomic mass is 9.88. The molecule has 0 spiro atoms. The SMILES string of the molecule is COc1cc(Br)c(OC)c2c1CCC(OC(C)(C)C)C2. The Morgan fingerprint density at radius 2 is 1.85 bits per heavy atom. The smallest absolute Gasteiger partial charge is 0.136 e. The van der Waals surface area contributed by atoms with Crippen molar-refractivity contribution in [1.82, 2.24) is 0 Å². The number of methoxy groups -OCH3 is 2. The highest BCUT2D eigenvalue weighted by atomic mass is 79.9. The number of hydrogen-bond donors (Lipinski definition) is 0. The molecule has 2 rings (SSSR count). The minimum Gasteiger partial charge on any atom is -0.496 e. The first-order chi connectivity index (χ1) is 9.35. The molecule has 1 atom stereocenters. The fraction of sp³-hybridized carbons (Fsp3) is 0.625. The van der Waals surface area contributed by atoms with E-state index in [1.807, 2.05) is 6.07 Å². The van der Waals surface area contributed by atoms with Gasteiger partial charge in [-0.15, -0.1) is 0 Å². The zero-order valence-corrected chi connectivity index (χ0v) is 14.5. The average molecular weight is 343 g/mol. The van der Waals surface area contributed by atoms with E-state index in [9.17, 15) is 0 Å². The van der Waals surface area contributed by atoms with E-state index in [-0.39, 0.29) is 11.7 Å². The van der Waals surface area contributed by atoms with E-state index in [2.05, 4.69) is 36.7 Å². The lowest BCUT2D eigenvalue weighted by Gasteiger charge is -2.32. The van der Waals surface area contributed by atoms with Crippen molar-refractivity contribution in [2.75, 3.05) is 14.2 Å². The maximum Gasteiger partial charge on any atom is 0.136 e. The van der Waals surface area contributed by atoms with Crippen LogP contribution in [0, 0.1) is 0 Å². The summed E-state index contributed by atoms with van der Waals surface area (Å²) in [5.74, 6) is 1.84. The highest BCUT2D eigenvalue weighted by Crippen LogP contribution is 2.42. The molecule has 0 saturated heterocycles. The molecule has 1 aromatic rings. The normalized spacial score (nSPS) is 18.6. The van der Waals surface area contributed by atoms with Gasteiger partial charge in [-0.05, 0) is 55.6 Å². The second kappa shape index (κ2) is 5.94. The topological polar surface area (TPSA) is 27.7 Å². The van der Waals surface area contributed by atoms with E-state index in [4.69, 9.17) is 14.2 Å². The number of benzene rings is 1. The molecule has 0 saturated carbocycles. The molecule has 112 valence electrons. The lowest BCUT2D eigenvalue weighted by molar-refractivity contribution is -0.0646. The van der Waals surface area contributed by atoms with Gasteiger partial charge in [0, 0.05) is 17.5 Å². The molecule has 1 aliphatic rings. The van der Waals surface area contributed by atoms with E-state index >= 15 is 0 Å². The predicted molar refractivity (Wildman–Crippen MR) is 83.9 cm³/mol. The van der Waals surface area contributed by atoms with E-state index in [0.717, 1.165) is 35.2 Å². The van der Waals surface area contributed by atoms with Gasteiger partial charge in [-0.1, -0.05) is 0 Å². The van der Waals surface area contributed by atoms with E-state index in [1.54, 1.807) is 14.2 Å². The van der Waals surface area contributed by atoms with Crippen molar-refractivity contribution in [1.29, 1.82) is 0 Å². The summed E-state index contributed by atoms with van der Waals surface area (Å²) in [4.78, 5) is 0. The number of fused-ring (bicyclic) bond motifs is 1. The molecular weight excluding hydrogens is 320 g/mol. The first-order valence-corrected chi connectivity index (χ1v) is 7.75. The Morgan fingerprint density at radius 3 is 2.40 bits per heavy atom. The Morgan fingerprint density at radius 1 is 1.15 bits per heavy atom. The molecule has 0 aliphatic heterocycles. The maximum absolute atomic E-state index is 6.14. The summed E-state index contributed by atoms with van der Waals surface area (Å²) in [6.45, 7) is 6.30. The summed E-state index contributed by atoms with van der Waals surface area (Å²) in [5.41, 5.74) is 2.34. The molecule has 1 unspecified atom stereocenters. The molecule has 20 heavy (non-hydrogen) atoms. The molecule has 0 radical (unpaired) electrons. The van der Waals surface area contributed by atoms with Gasteiger partial charge in [0.1, 0.15) is 11.5 Å². The van der Waals surface area contributed by atoms with E-state index in [0.29, 0.717) is 0 Å². The van der Waals surface area contributed by atoms with Crippen LogP contribution in [0.3, 0.4) is 0 Å². The van der Waals surface area contributed by atoms with Gasteiger partial charge in [-0.2, -0.15) is 0 Å². The molecule has 3 nitrogen and oxygen atoms in total. The standard InChI is InChI=1S/C16H23BrO3/c1-16(2,3)20-10-6-7-11-12(8-10)15(19-5)13(17)9-14(11)18-4/h9-10H,6-8H2,1-5H3. The van der Waals surface area contributed by atoms with Crippen LogP contribution >= 0.6 is 15.9 Å². The summed E-state index contributed by atoms with van der Waals surface area (Å²) in [7, 11) is 3.42.